The van der Waals surface area contributed by atoms with Crippen LogP contribution in [0.4, 0.5) is 0 Å². The van der Waals surface area contributed by atoms with Crippen molar-refractivity contribution >= 4 is 0 Å². The maximum absolute atomic E-state index is 8.82. The van der Waals surface area contributed by atoms with Gasteiger partial charge >= 0.3 is 0 Å². The highest BCUT2D eigenvalue weighted by molar-refractivity contribution is 4.63. The molecule has 0 bridgehead atoms. The second kappa shape index (κ2) is 6.44. The van der Waals surface area contributed by atoms with E-state index in [0.717, 1.165) is 12.8 Å². The second-order valence-electron chi connectivity index (χ2n) is 3.88. The summed E-state index contributed by atoms with van der Waals surface area (Å²) in [4.78, 5) is 0. The van der Waals surface area contributed by atoms with Gasteiger partial charge in [-0.25, -0.2) is 0 Å². The van der Waals surface area contributed by atoms with Crippen LogP contribution in [0.25, 0.3) is 0 Å². The van der Waals surface area contributed by atoms with Gasteiger partial charge in [0, 0.05) is 13.7 Å². The van der Waals surface area contributed by atoms with Gasteiger partial charge in [0.25, 0.3) is 0 Å². The van der Waals surface area contributed by atoms with E-state index in [1.807, 2.05) is 0 Å². The first-order chi connectivity index (χ1) is 5.61. The summed E-state index contributed by atoms with van der Waals surface area (Å²) in [5, 5.41) is 8.82. The van der Waals surface area contributed by atoms with Crippen LogP contribution in [0, 0.1) is 11.8 Å². The Morgan fingerprint density at radius 2 is 1.75 bits per heavy atom. The Hall–Kier alpha value is -0.0800. The van der Waals surface area contributed by atoms with Gasteiger partial charge in [-0.05, 0) is 24.7 Å². The number of methoxy groups -OCH3 is 1. The van der Waals surface area contributed by atoms with Crippen LogP contribution >= 0.6 is 0 Å². The second-order valence-corrected chi connectivity index (χ2v) is 3.88. The smallest absolute Gasteiger partial charge is 0.0594 e. The molecule has 0 amide bonds. The van der Waals surface area contributed by atoms with Crippen molar-refractivity contribution in [2.75, 3.05) is 13.7 Å². The lowest BCUT2D eigenvalue weighted by molar-refractivity contribution is 0.0507. The first kappa shape index (κ1) is 11.9. The van der Waals surface area contributed by atoms with Gasteiger partial charge in [0.05, 0.1) is 6.10 Å². The summed E-state index contributed by atoms with van der Waals surface area (Å²) in [5.41, 5.74) is 0. The van der Waals surface area contributed by atoms with E-state index in [1.165, 1.54) is 0 Å². The van der Waals surface area contributed by atoms with Gasteiger partial charge < -0.3 is 9.84 Å². The molecule has 0 aromatic rings. The third-order valence-corrected chi connectivity index (χ3v) is 2.30. The summed E-state index contributed by atoms with van der Waals surface area (Å²) >= 11 is 0. The van der Waals surface area contributed by atoms with Crippen LogP contribution < -0.4 is 0 Å². The molecule has 74 valence electrons. The zero-order valence-electron chi connectivity index (χ0n) is 8.71. The predicted molar refractivity (Wildman–Crippen MR) is 51.1 cm³/mol. The minimum Gasteiger partial charge on any atom is -0.396 e. The zero-order valence-corrected chi connectivity index (χ0v) is 8.71. The summed E-state index contributed by atoms with van der Waals surface area (Å²) < 4.78 is 5.32. The molecule has 0 aliphatic carbocycles. The molecule has 2 atom stereocenters. The molecule has 12 heavy (non-hydrogen) atoms. The molecule has 0 aromatic carbocycles. The molecule has 0 heterocycles. The van der Waals surface area contributed by atoms with E-state index >= 15 is 0 Å². The van der Waals surface area contributed by atoms with Crippen LogP contribution in [0.1, 0.15) is 33.6 Å². The first-order valence-corrected chi connectivity index (χ1v) is 4.75. The summed E-state index contributed by atoms with van der Waals surface area (Å²) in [6, 6.07) is 0. The monoisotopic (exact) mass is 174 g/mol. The third-order valence-electron chi connectivity index (χ3n) is 2.30. The Morgan fingerprint density at radius 3 is 2.08 bits per heavy atom. The van der Waals surface area contributed by atoms with Crippen LogP contribution in [-0.2, 0) is 4.74 Å². The lowest BCUT2D eigenvalue weighted by atomic mass is 9.97. The van der Waals surface area contributed by atoms with E-state index in [4.69, 9.17) is 9.84 Å². The van der Waals surface area contributed by atoms with Gasteiger partial charge in [-0.1, -0.05) is 20.8 Å². The minimum absolute atomic E-state index is 0.286. The van der Waals surface area contributed by atoms with Crippen LogP contribution in [-0.4, -0.2) is 24.9 Å². The molecule has 0 spiro atoms. The van der Waals surface area contributed by atoms with E-state index in [0.29, 0.717) is 17.9 Å². The summed E-state index contributed by atoms with van der Waals surface area (Å²) in [6.45, 7) is 6.68. The highest BCUT2D eigenvalue weighted by Gasteiger charge is 2.13. The van der Waals surface area contributed by atoms with Crippen molar-refractivity contribution in [2.24, 2.45) is 11.8 Å². The van der Waals surface area contributed by atoms with Gasteiger partial charge in [-0.2, -0.15) is 0 Å². The maximum atomic E-state index is 8.82. The molecule has 0 aromatic heterocycles. The van der Waals surface area contributed by atoms with Crippen molar-refractivity contribution in [3.63, 3.8) is 0 Å². The fourth-order valence-electron chi connectivity index (χ4n) is 1.26. The van der Waals surface area contributed by atoms with Crippen molar-refractivity contribution in [3.8, 4) is 0 Å². The lowest BCUT2D eigenvalue weighted by Crippen LogP contribution is -2.19. The summed E-state index contributed by atoms with van der Waals surface area (Å²) in [5.74, 6) is 0.974. The van der Waals surface area contributed by atoms with Crippen molar-refractivity contribution < 1.29 is 9.84 Å². The summed E-state index contributed by atoms with van der Waals surface area (Å²) in [7, 11) is 1.76. The first-order valence-electron chi connectivity index (χ1n) is 4.75. The molecule has 2 unspecified atom stereocenters. The highest BCUT2D eigenvalue weighted by Crippen LogP contribution is 2.15. The fourth-order valence-corrected chi connectivity index (χ4v) is 1.26. The molecular weight excluding hydrogens is 152 g/mol. The molecule has 0 rings (SSSR count). The molecule has 0 radical (unpaired) electrons. The molecule has 0 aliphatic rings. The highest BCUT2D eigenvalue weighted by atomic mass is 16.5. The predicted octanol–water partition coefficient (Wildman–Crippen LogP) is 2.07. The van der Waals surface area contributed by atoms with Crippen LogP contribution in [0.5, 0.6) is 0 Å². The fraction of sp³-hybridized carbons (Fsp3) is 1.00. The van der Waals surface area contributed by atoms with E-state index in [2.05, 4.69) is 20.8 Å². The number of rotatable bonds is 6. The molecule has 2 heteroatoms. The van der Waals surface area contributed by atoms with Crippen molar-refractivity contribution in [2.45, 2.75) is 39.7 Å². The molecule has 2 nitrogen and oxygen atoms in total. The van der Waals surface area contributed by atoms with Gasteiger partial charge in [-0.3, -0.25) is 0 Å². The molecule has 1 N–H and O–H groups in total. The van der Waals surface area contributed by atoms with Crippen LogP contribution in [0.15, 0.2) is 0 Å². The minimum atomic E-state index is 0.286. The number of hydrogen-bond donors (Lipinski definition) is 1. The largest absolute Gasteiger partial charge is 0.396 e. The Morgan fingerprint density at radius 1 is 1.17 bits per heavy atom. The van der Waals surface area contributed by atoms with Gasteiger partial charge in [0.2, 0.25) is 0 Å². The summed E-state index contributed by atoms with van der Waals surface area (Å²) in [6.07, 6.45) is 2.45. The van der Waals surface area contributed by atoms with E-state index < -0.39 is 0 Å². The molecule has 0 saturated heterocycles. The Bertz CT molecular complexity index is 102. The number of hydrogen-bond acceptors (Lipinski definition) is 2. The van der Waals surface area contributed by atoms with Crippen molar-refractivity contribution in [1.82, 2.24) is 0 Å². The lowest BCUT2D eigenvalue weighted by Gasteiger charge is -2.20. The Labute approximate surface area is 75.9 Å². The number of aliphatic hydroxyl groups is 1. The van der Waals surface area contributed by atoms with Crippen LogP contribution in [0.2, 0.25) is 0 Å². The van der Waals surface area contributed by atoms with E-state index in [-0.39, 0.29) is 6.61 Å². The molecule has 0 fully saturated rings. The maximum Gasteiger partial charge on any atom is 0.0594 e. The van der Waals surface area contributed by atoms with Crippen LogP contribution in [0.3, 0.4) is 0 Å². The SMILES string of the molecule is COC(CCC(C)CO)C(C)C. The quantitative estimate of drug-likeness (QED) is 0.668. The molecular formula is C10H22O2. The third kappa shape index (κ3) is 4.73. The van der Waals surface area contributed by atoms with E-state index in [9.17, 15) is 0 Å². The van der Waals surface area contributed by atoms with Gasteiger partial charge in [0.1, 0.15) is 0 Å². The zero-order chi connectivity index (χ0) is 9.56. The topological polar surface area (TPSA) is 29.5 Å². The molecule has 0 saturated carbocycles. The number of ether oxygens (including phenoxy) is 1. The standard InChI is InChI=1S/C10H22O2/c1-8(2)10(12-4)6-5-9(3)7-11/h8-11H,5-7H2,1-4H3. The normalized spacial score (nSPS) is 16.5. The van der Waals surface area contributed by atoms with Gasteiger partial charge in [0.15, 0.2) is 0 Å². The number of aliphatic hydroxyl groups excluding tert-OH is 1. The molecule has 0 aliphatic heterocycles. The van der Waals surface area contributed by atoms with Crippen molar-refractivity contribution in [1.29, 1.82) is 0 Å². The Kier molecular flexibility index (Phi) is 6.39. The van der Waals surface area contributed by atoms with E-state index in [1.54, 1.807) is 7.11 Å². The van der Waals surface area contributed by atoms with Gasteiger partial charge in [-0.15, -0.1) is 0 Å². The van der Waals surface area contributed by atoms with Crippen molar-refractivity contribution in [3.05, 3.63) is 0 Å². The average Bonchev–Trinajstić information content (AvgIpc) is 2.04. The Balaban J connectivity index is 3.58. The average molecular weight is 174 g/mol.